The summed E-state index contributed by atoms with van der Waals surface area (Å²) in [5, 5.41) is 0.815. The standard InChI is InChI=1S/C25H39ClN4O/c1-27-11-5-14-30(17-16-27)25(31)9-8-22-20-28(19-21-6-4-7-23(26)18-21)15-10-24(22)29-12-2-3-13-29/h4,6-7,18,22,24H,2-3,5,8-17,19-20H2,1H3/t22-,24+/m0/s1. The molecule has 0 aromatic heterocycles. The average molecular weight is 447 g/mol. The Balaban J connectivity index is 1.36. The molecular formula is C25H39ClN4O. The van der Waals surface area contributed by atoms with Crippen molar-refractivity contribution in [2.24, 2.45) is 5.92 Å². The minimum absolute atomic E-state index is 0.363. The summed E-state index contributed by atoms with van der Waals surface area (Å²) in [6.07, 6.45) is 6.68. The second-order valence-corrected chi connectivity index (χ2v) is 10.2. The maximum Gasteiger partial charge on any atom is 0.222 e. The van der Waals surface area contributed by atoms with Crippen LogP contribution in [0.3, 0.4) is 0 Å². The molecule has 0 unspecified atom stereocenters. The number of halogens is 1. The van der Waals surface area contributed by atoms with Gasteiger partial charge in [0.2, 0.25) is 5.91 Å². The molecule has 3 fully saturated rings. The van der Waals surface area contributed by atoms with Crippen LogP contribution >= 0.6 is 11.6 Å². The Morgan fingerprint density at radius 2 is 1.87 bits per heavy atom. The SMILES string of the molecule is CN1CCCN(C(=O)CC[C@H]2CN(Cc3cccc(Cl)c3)CC[C@H]2N2CCCC2)CC1. The number of likely N-dealkylation sites (N-methyl/N-ethyl adjacent to an activating group) is 1. The van der Waals surface area contributed by atoms with E-state index in [2.05, 4.69) is 38.8 Å². The first-order valence-corrected chi connectivity index (χ1v) is 12.6. The van der Waals surface area contributed by atoms with Gasteiger partial charge in [0.25, 0.3) is 0 Å². The van der Waals surface area contributed by atoms with Crippen LogP contribution in [0.4, 0.5) is 0 Å². The summed E-state index contributed by atoms with van der Waals surface area (Å²) in [5.74, 6) is 0.937. The van der Waals surface area contributed by atoms with E-state index in [1.807, 2.05) is 12.1 Å². The van der Waals surface area contributed by atoms with E-state index in [0.29, 0.717) is 24.3 Å². The van der Waals surface area contributed by atoms with E-state index in [-0.39, 0.29) is 0 Å². The first-order chi connectivity index (χ1) is 15.1. The van der Waals surface area contributed by atoms with E-state index in [1.165, 1.54) is 37.9 Å². The van der Waals surface area contributed by atoms with E-state index in [0.717, 1.165) is 63.7 Å². The molecular weight excluding hydrogens is 408 g/mol. The van der Waals surface area contributed by atoms with Crippen molar-refractivity contribution >= 4 is 17.5 Å². The summed E-state index contributed by atoms with van der Waals surface area (Å²) >= 11 is 6.21. The number of amides is 1. The lowest BCUT2D eigenvalue weighted by molar-refractivity contribution is -0.131. The van der Waals surface area contributed by atoms with Crippen LogP contribution in [0.2, 0.25) is 5.02 Å². The molecule has 5 nitrogen and oxygen atoms in total. The predicted octanol–water partition coefficient (Wildman–Crippen LogP) is 3.57. The molecule has 1 aromatic rings. The average Bonchev–Trinajstić information content (AvgIpc) is 3.20. The van der Waals surface area contributed by atoms with Gasteiger partial charge in [-0.2, -0.15) is 0 Å². The van der Waals surface area contributed by atoms with Crippen LogP contribution in [0.25, 0.3) is 0 Å². The highest BCUT2D eigenvalue weighted by Crippen LogP contribution is 2.30. The monoisotopic (exact) mass is 446 g/mol. The summed E-state index contributed by atoms with van der Waals surface area (Å²) in [5.41, 5.74) is 1.29. The Kier molecular flexibility index (Phi) is 8.27. The number of carbonyl (C=O) groups excluding carboxylic acids is 1. The summed E-state index contributed by atoms with van der Waals surface area (Å²) in [4.78, 5) is 22.7. The van der Waals surface area contributed by atoms with Crippen LogP contribution in [0, 0.1) is 5.92 Å². The van der Waals surface area contributed by atoms with Crippen molar-refractivity contribution in [3.63, 3.8) is 0 Å². The molecule has 3 saturated heterocycles. The number of benzene rings is 1. The molecule has 3 aliphatic heterocycles. The smallest absolute Gasteiger partial charge is 0.222 e. The molecule has 3 aliphatic rings. The minimum Gasteiger partial charge on any atom is -0.341 e. The van der Waals surface area contributed by atoms with Gasteiger partial charge in [-0.1, -0.05) is 23.7 Å². The van der Waals surface area contributed by atoms with Crippen molar-refractivity contribution in [3.8, 4) is 0 Å². The van der Waals surface area contributed by atoms with Gasteiger partial charge in [-0.05, 0) is 88.9 Å². The van der Waals surface area contributed by atoms with E-state index in [4.69, 9.17) is 11.6 Å². The topological polar surface area (TPSA) is 30.0 Å². The van der Waals surface area contributed by atoms with Crippen LogP contribution in [0.1, 0.15) is 44.1 Å². The summed E-state index contributed by atoms with van der Waals surface area (Å²) in [6, 6.07) is 8.89. The maximum absolute atomic E-state index is 13.0. The molecule has 0 saturated carbocycles. The van der Waals surface area contributed by atoms with Crippen molar-refractivity contribution in [2.45, 2.75) is 51.1 Å². The highest BCUT2D eigenvalue weighted by Gasteiger charge is 2.34. The van der Waals surface area contributed by atoms with Crippen LogP contribution in [0.15, 0.2) is 24.3 Å². The number of piperidine rings is 1. The number of nitrogens with zero attached hydrogens (tertiary/aromatic N) is 4. The van der Waals surface area contributed by atoms with Crippen LogP contribution in [-0.2, 0) is 11.3 Å². The number of likely N-dealkylation sites (tertiary alicyclic amines) is 2. The molecule has 0 bridgehead atoms. The maximum atomic E-state index is 13.0. The van der Waals surface area contributed by atoms with E-state index in [1.54, 1.807) is 0 Å². The van der Waals surface area contributed by atoms with Crippen molar-refractivity contribution < 1.29 is 4.79 Å². The molecule has 2 atom stereocenters. The van der Waals surface area contributed by atoms with Crippen LogP contribution in [-0.4, -0.2) is 91.0 Å². The molecule has 4 rings (SSSR count). The fourth-order valence-electron chi connectivity index (χ4n) is 5.73. The quantitative estimate of drug-likeness (QED) is 0.668. The van der Waals surface area contributed by atoms with E-state index < -0.39 is 0 Å². The van der Waals surface area contributed by atoms with E-state index in [9.17, 15) is 4.79 Å². The zero-order valence-electron chi connectivity index (χ0n) is 19.1. The third kappa shape index (κ3) is 6.44. The summed E-state index contributed by atoms with van der Waals surface area (Å²) in [6.45, 7) is 9.56. The lowest BCUT2D eigenvalue weighted by atomic mass is 9.86. The molecule has 0 radical (unpaired) electrons. The second kappa shape index (κ2) is 11.1. The van der Waals surface area contributed by atoms with Gasteiger partial charge in [0.1, 0.15) is 0 Å². The molecule has 172 valence electrons. The van der Waals surface area contributed by atoms with Crippen molar-refractivity contribution in [3.05, 3.63) is 34.9 Å². The van der Waals surface area contributed by atoms with Gasteiger partial charge < -0.3 is 14.7 Å². The Labute approximate surface area is 193 Å². The van der Waals surface area contributed by atoms with Crippen LogP contribution < -0.4 is 0 Å². The molecule has 1 aromatic carbocycles. The first kappa shape index (κ1) is 23.0. The van der Waals surface area contributed by atoms with Gasteiger partial charge in [-0.3, -0.25) is 9.69 Å². The number of carbonyl (C=O) groups is 1. The van der Waals surface area contributed by atoms with Crippen LogP contribution in [0.5, 0.6) is 0 Å². The molecule has 31 heavy (non-hydrogen) atoms. The zero-order chi connectivity index (χ0) is 21.6. The molecule has 6 heteroatoms. The zero-order valence-corrected chi connectivity index (χ0v) is 19.9. The molecule has 3 heterocycles. The number of rotatable bonds is 6. The normalized spacial score (nSPS) is 26.8. The largest absolute Gasteiger partial charge is 0.341 e. The molecule has 0 spiro atoms. The predicted molar refractivity (Wildman–Crippen MR) is 127 cm³/mol. The fourth-order valence-corrected chi connectivity index (χ4v) is 5.95. The minimum atomic E-state index is 0.363. The van der Waals surface area contributed by atoms with Gasteiger partial charge in [-0.15, -0.1) is 0 Å². The van der Waals surface area contributed by atoms with Crippen molar-refractivity contribution in [2.75, 3.05) is 59.4 Å². The fraction of sp³-hybridized carbons (Fsp3) is 0.720. The third-order valence-corrected chi connectivity index (χ3v) is 7.72. The Morgan fingerprint density at radius 1 is 1.03 bits per heavy atom. The highest BCUT2D eigenvalue weighted by molar-refractivity contribution is 6.30. The Bertz CT molecular complexity index is 723. The van der Waals surface area contributed by atoms with Crippen molar-refractivity contribution in [1.82, 2.24) is 19.6 Å². The van der Waals surface area contributed by atoms with Crippen molar-refractivity contribution in [1.29, 1.82) is 0 Å². The molecule has 0 aliphatic carbocycles. The number of hydrogen-bond acceptors (Lipinski definition) is 4. The summed E-state index contributed by atoms with van der Waals surface area (Å²) in [7, 11) is 2.16. The number of hydrogen-bond donors (Lipinski definition) is 0. The second-order valence-electron chi connectivity index (χ2n) is 9.80. The van der Waals surface area contributed by atoms with Gasteiger partial charge in [0.05, 0.1) is 0 Å². The van der Waals surface area contributed by atoms with E-state index >= 15 is 0 Å². The first-order valence-electron chi connectivity index (χ1n) is 12.3. The third-order valence-electron chi connectivity index (χ3n) is 7.48. The summed E-state index contributed by atoms with van der Waals surface area (Å²) < 4.78 is 0. The van der Waals surface area contributed by atoms with Gasteiger partial charge in [0.15, 0.2) is 0 Å². The Morgan fingerprint density at radius 3 is 2.68 bits per heavy atom. The lowest BCUT2D eigenvalue weighted by Gasteiger charge is -2.43. The van der Waals surface area contributed by atoms with Gasteiger partial charge >= 0.3 is 0 Å². The van der Waals surface area contributed by atoms with Gasteiger partial charge in [-0.25, -0.2) is 0 Å². The molecule has 1 amide bonds. The molecule has 0 N–H and O–H groups in total. The highest BCUT2D eigenvalue weighted by atomic mass is 35.5. The lowest BCUT2D eigenvalue weighted by Crippen LogP contribution is -2.50. The van der Waals surface area contributed by atoms with Gasteiger partial charge in [0, 0.05) is 50.2 Å². The Hall–Kier alpha value is -1.14.